The Balaban J connectivity index is 2.05. The minimum absolute atomic E-state index is 0.355. The van der Waals surface area contributed by atoms with Crippen LogP contribution in [0.15, 0.2) is 23.6 Å². The van der Waals surface area contributed by atoms with Crippen LogP contribution < -0.4 is 0 Å². The normalized spacial score (nSPS) is 12.7. The third kappa shape index (κ3) is 3.18. The van der Waals surface area contributed by atoms with E-state index in [1.807, 2.05) is 12.3 Å². The van der Waals surface area contributed by atoms with Crippen molar-refractivity contribution in [3.05, 3.63) is 51.0 Å². The molecule has 0 fully saturated rings. The van der Waals surface area contributed by atoms with Crippen LogP contribution in [0.1, 0.15) is 27.4 Å². The third-order valence-electron chi connectivity index (χ3n) is 3.20. The van der Waals surface area contributed by atoms with E-state index in [-0.39, 0.29) is 6.10 Å². The summed E-state index contributed by atoms with van der Waals surface area (Å²) in [5.74, 6) is 0. The van der Waals surface area contributed by atoms with E-state index in [4.69, 9.17) is 0 Å². The Bertz CT molecular complexity index is 513. The maximum absolute atomic E-state index is 10.2. The van der Waals surface area contributed by atoms with E-state index in [9.17, 15) is 5.11 Å². The molecule has 3 heteroatoms. The number of thiazole rings is 1. The van der Waals surface area contributed by atoms with Crippen LogP contribution in [-0.2, 0) is 12.8 Å². The first-order valence-electron chi connectivity index (χ1n) is 6.20. The highest BCUT2D eigenvalue weighted by Gasteiger charge is 2.12. The molecule has 0 spiro atoms. The lowest BCUT2D eigenvalue weighted by Crippen LogP contribution is -2.15. The number of hydrogen-bond acceptors (Lipinski definition) is 3. The summed E-state index contributed by atoms with van der Waals surface area (Å²) in [5, 5.41) is 13.3. The van der Waals surface area contributed by atoms with Crippen LogP contribution in [0, 0.1) is 20.8 Å². The minimum atomic E-state index is -0.355. The number of hydrogen-bond donors (Lipinski definition) is 1. The van der Waals surface area contributed by atoms with Gasteiger partial charge in [-0.1, -0.05) is 18.2 Å². The Kier molecular flexibility index (Phi) is 4.15. The lowest BCUT2D eigenvalue weighted by atomic mass is 9.96. The molecule has 1 N–H and O–H groups in total. The molecular formula is C15H19NOS. The molecule has 0 aliphatic heterocycles. The molecular weight excluding hydrogens is 242 g/mol. The van der Waals surface area contributed by atoms with Crippen molar-refractivity contribution in [3.8, 4) is 0 Å². The molecule has 0 radical (unpaired) electrons. The predicted octanol–water partition coefficient (Wildman–Crippen LogP) is 3.21. The van der Waals surface area contributed by atoms with Crippen molar-refractivity contribution in [3.63, 3.8) is 0 Å². The molecule has 2 aromatic rings. The Hall–Kier alpha value is -1.19. The fourth-order valence-electron chi connectivity index (χ4n) is 2.22. The number of aryl methyl sites for hydroxylation is 3. The van der Waals surface area contributed by atoms with Gasteiger partial charge in [-0.2, -0.15) is 0 Å². The van der Waals surface area contributed by atoms with Gasteiger partial charge in [0.2, 0.25) is 0 Å². The average Bonchev–Trinajstić information content (AvgIpc) is 2.69. The highest BCUT2D eigenvalue weighted by molar-refractivity contribution is 7.09. The van der Waals surface area contributed by atoms with E-state index in [1.165, 1.54) is 16.7 Å². The molecule has 0 amide bonds. The zero-order valence-electron chi connectivity index (χ0n) is 11.1. The van der Waals surface area contributed by atoms with Gasteiger partial charge in [-0.05, 0) is 43.9 Å². The Morgan fingerprint density at radius 3 is 2.39 bits per heavy atom. The van der Waals surface area contributed by atoms with Crippen LogP contribution in [-0.4, -0.2) is 16.2 Å². The molecule has 0 aliphatic rings. The Morgan fingerprint density at radius 1 is 1.17 bits per heavy atom. The first-order chi connectivity index (χ1) is 8.56. The van der Waals surface area contributed by atoms with Gasteiger partial charge in [-0.25, -0.2) is 4.98 Å². The zero-order valence-corrected chi connectivity index (χ0v) is 11.9. The highest BCUT2D eigenvalue weighted by Crippen LogP contribution is 2.17. The molecule has 1 aromatic carbocycles. The lowest BCUT2D eigenvalue weighted by molar-refractivity contribution is 0.174. The molecule has 0 aliphatic carbocycles. The van der Waals surface area contributed by atoms with E-state index in [0.717, 1.165) is 10.7 Å². The molecule has 2 nitrogen and oxygen atoms in total. The van der Waals surface area contributed by atoms with Crippen LogP contribution in [0.5, 0.6) is 0 Å². The van der Waals surface area contributed by atoms with Gasteiger partial charge < -0.3 is 5.11 Å². The van der Waals surface area contributed by atoms with Gasteiger partial charge in [0.1, 0.15) is 0 Å². The van der Waals surface area contributed by atoms with Crippen LogP contribution >= 0.6 is 11.3 Å². The first kappa shape index (κ1) is 13.2. The fraction of sp³-hybridized carbons (Fsp3) is 0.400. The van der Waals surface area contributed by atoms with Crippen molar-refractivity contribution < 1.29 is 5.11 Å². The summed E-state index contributed by atoms with van der Waals surface area (Å²) in [4.78, 5) is 4.40. The second kappa shape index (κ2) is 5.63. The molecule has 2 rings (SSSR count). The number of aliphatic hydroxyl groups is 1. The van der Waals surface area contributed by atoms with Crippen LogP contribution in [0.25, 0.3) is 0 Å². The maximum Gasteiger partial charge on any atom is 0.0897 e. The SMILES string of the molecule is Cc1nc(CC(O)Cc2c(C)cccc2C)cs1. The maximum atomic E-state index is 10.2. The van der Waals surface area contributed by atoms with Crippen molar-refractivity contribution in [2.24, 2.45) is 0 Å². The summed E-state index contributed by atoms with van der Waals surface area (Å²) < 4.78 is 0. The number of rotatable bonds is 4. The summed E-state index contributed by atoms with van der Waals surface area (Å²) in [6, 6.07) is 6.26. The molecule has 1 atom stereocenters. The van der Waals surface area contributed by atoms with E-state index in [0.29, 0.717) is 12.8 Å². The number of aromatic nitrogens is 1. The number of benzene rings is 1. The molecule has 18 heavy (non-hydrogen) atoms. The monoisotopic (exact) mass is 261 g/mol. The number of aliphatic hydroxyl groups excluding tert-OH is 1. The molecule has 0 saturated heterocycles. The average molecular weight is 261 g/mol. The quantitative estimate of drug-likeness (QED) is 0.916. The first-order valence-corrected chi connectivity index (χ1v) is 7.08. The zero-order chi connectivity index (χ0) is 13.1. The molecule has 1 aromatic heterocycles. The van der Waals surface area contributed by atoms with Gasteiger partial charge in [0.05, 0.1) is 16.8 Å². The summed E-state index contributed by atoms with van der Waals surface area (Å²) in [5.41, 5.74) is 4.76. The second-order valence-corrected chi connectivity index (χ2v) is 5.85. The van der Waals surface area contributed by atoms with Gasteiger partial charge in [0.25, 0.3) is 0 Å². The van der Waals surface area contributed by atoms with Gasteiger partial charge in [0.15, 0.2) is 0 Å². The van der Waals surface area contributed by atoms with Crippen LogP contribution in [0.3, 0.4) is 0 Å². The Morgan fingerprint density at radius 2 is 1.83 bits per heavy atom. The molecule has 0 saturated carbocycles. The second-order valence-electron chi connectivity index (χ2n) is 4.79. The van der Waals surface area contributed by atoms with E-state index in [2.05, 4.69) is 37.0 Å². The van der Waals surface area contributed by atoms with E-state index >= 15 is 0 Å². The van der Waals surface area contributed by atoms with Crippen molar-refractivity contribution in [1.82, 2.24) is 4.98 Å². The van der Waals surface area contributed by atoms with Gasteiger partial charge in [-0.15, -0.1) is 11.3 Å². The number of nitrogens with zero attached hydrogens (tertiary/aromatic N) is 1. The van der Waals surface area contributed by atoms with Crippen molar-refractivity contribution in [1.29, 1.82) is 0 Å². The van der Waals surface area contributed by atoms with Crippen LogP contribution in [0.4, 0.5) is 0 Å². The van der Waals surface area contributed by atoms with Crippen molar-refractivity contribution in [2.75, 3.05) is 0 Å². The summed E-state index contributed by atoms with van der Waals surface area (Å²) in [6.45, 7) is 6.19. The molecule has 96 valence electrons. The van der Waals surface area contributed by atoms with Gasteiger partial charge in [-0.3, -0.25) is 0 Å². The Labute approximate surface area is 112 Å². The fourth-order valence-corrected chi connectivity index (χ4v) is 2.85. The topological polar surface area (TPSA) is 33.1 Å². The smallest absolute Gasteiger partial charge is 0.0897 e. The third-order valence-corrected chi connectivity index (χ3v) is 4.02. The molecule has 0 bridgehead atoms. The minimum Gasteiger partial charge on any atom is -0.392 e. The molecule has 1 unspecified atom stereocenters. The highest BCUT2D eigenvalue weighted by atomic mass is 32.1. The molecule has 1 heterocycles. The van der Waals surface area contributed by atoms with E-state index in [1.54, 1.807) is 11.3 Å². The van der Waals surface area contributed by atoms with Gasteiger partial charge >= 0.3 is 0 Å². The van der Waals surface area contributed by atoms with Crippen molar-refractivity contribution in [2.45, 2.75) is 39.7 Å². The van der Waals surface area contributed by atoms with Crippen molar-refractivity contribution >= 4 is 11.3 Å². The lowest BCUT2D eigenvalue weighted by Gasteiger charge is -2.14. The largest absolute Gasteiger partial charge is 0.392 e. The summed E-state index contributed by atoms with van der Waals surface area (Å²) >= 11 is 1.64. The summed E-state index contributed by atoms with van der Waals surface area (Å²) in [6.07, 6.45) is 0.985. The summed E-state index contributed by atoms with van der Waals surface area (Å²) in [7, 11) is 0. The van der Waals surface area contributed by atoms with E-state index < -0.39 is 0 Å². The standard InChI is InChI=1S/C15H19NOS/c1-10-5-4-6-11(2)15(10)8-14(17)7-13-9-18-12(3)16-13/h4-6,9,14,17H,7-8H2,1-3H3. The predicted molar refractivity (Wildman–Crippen MR) is 76.2 cm³/mol. The van der Waals surface area contributed by atoms with Gasteiger partial charge in [0, 0.05) is 11.8 Å². The van der Waals surface area contributed by atoms with Crippen LogP contribution in [0.2, 0.25) is 0 Å².